The van der Waals surface area contributed by atoms with Crippen LogP contribution in [0.15, 0.2) is 18.2 Å². The van der Waals surface area contributed by atoms with Gasteiger partial charge in [0.1, 0.15) is 6.04 Å². The van der Waals surface area contributed by atoms with E-state index in [-0.39, 0.29) is 23.8 Å². The quantitative estimate of drug-likeness (QED) is 0.854. The summed E-state index contributed by atoms with van der Waals surface area (Å²) in [6.07, 6.45) is -5.27. The third-order valence-corrected chi connectivity index (χ3v) is 3.31. The van der Waals surface area contributed by atoms with Crippen LogP contribution in [-0.2, 0) is 15.7 Å². The van der Waals surface area contributed by atoms with Gasteiger partial charge in [-0.05, 0) is 37.5 Å². The SMILES string of the molecule is CCOC(=O)NC(C(=O)Nc1ccc(C)c(C(F)(F)F)c1)C(C)C. The Balaban J connectivity index is 2.93. The third kappa shape index (κ3) is 5.43. The number of nitrogens with one attached hydrogen (secondary N) is 2. The summed E-state index contributed by atoms with van der Waals surface area (Å²) in [6.45, 7) is 6.51. The zero-order valence-electron chi connectivity index (χ0n) is 14.0. The van der Waals surface area contributed by atoms with Crippen molar-refractivity contribution in [3.8, 4) is 0 Å². The summed E-state index contributed by atoms with van der Waals surface area (Å²) in [5, 5.41) is 4.80. The van der Waals surface area contributed by atoms with Crippen molar-refractivity contribution in [1.29, 1.82) is 0 Å². The predicted octanol–water partition coefficient (Wildman–Crippen LogP) is 3.72. The van der Waals surface area contributed by atoms with Gasteiger partial charge in [0, 0.05) is 5.69 Å². The van der Waals surface area contributed by atoms with Gasteiger partial charge in [0.25, 0.3) is 0 Å². The number of benzene rings is 1. The number of hydrogen-bond donors (Lipinski definition) is 2. The van der Waals surface area contributed by atoms with E-state index in [0.29, 0.717) is 0 Å². The normalized spacial score (nSPS) is 12.7. The van der Waals surface area contributed by atoms with E-state index in [2.05, 4.69) is 10.6 Å². The van der Waals surface area contributed by atoms with Crippen LogP contribution in [0, 0.1) is 12.8 Å². The van der Waals surface area contributed by atoms with Crippen LogP contribution in [0.1, 0.15) is 31.9 Å². The summed E-state index contributed by atoms with van der Waals surface area (Å²) >= 11 is 0. The smallest absolute Gasteiger partial charge is 0.416 e. The van der Waals surface area contributed by atoms with Crippen molar-refractivity contribution in [3.05, 3.63) is 29.3 Å². The molecule has 2 N–H and O–H groups in total. The van der Waals surface area contributed by atoms with Crippen LogP contribution in [0.4, 0.5) is 23.7 Å². The fourth-order valence-electron chi connectivity index (χ4n) is 2.06. The maximum Gasteiger partial charge on any atom is 0.416 e. The minimum Gasteiger partial charge on any atom is -0.450 e. The lowest BCUT2D eigenvalue weighted by atomic mass is 10.0. The fourth-order valence-corrected chi connectivity index (χ4v) is 2.06. The molecular weight excluding hydrogens is 325 g/mol. The molecule has 8 heteroatoms. The highest BCUT2D eigenvalue weighted by Crippen LogP contribution is 2.33. The van der Waals surface area contributed by atoms with Crippen LogP contribution in [0.5, 0.6) is 0 Å². The summed E-state index contributed by atoms with van der Waals surface area (Å²) in [5.41, 5.74) is -0.750. The highest BCUT2D eigenvalue weighted by Gasteiger charge is 2.33. The number of carbonyl (C=O) groups excluding carboxylic acids is 2. The zero-order valence-corrected chi connectivity index (χ0v) is 14.0. The highest BCUT2D eigenvalue weighted by molar-refractivity contribution is 5.96. The number of hydrogen-bond acceptors (Lipinski definition) is 3. The molecule has 5 nitrogen and oxygen atoms in total. The highest BCUT2D eigenvalue weighted by atomic mass is 19.4. The first-order valence-electron chi connectivity index (χ1n) is 7.48. The minimum absolute atomic E-state index is 0.00855. The van der Waals surface area contributed by atoms with Gasteiger partial charge >= 0.3 is 12.3 Å². The molecule has 0 heterocycles. The Labute approximate surface area is 138 Å². The number of aryl methyl sites for hydroxylation is 1. The van der Waals surface area contributed by atoms with E-state index < -0.39 is 29.8 Å². The standard InChI is InChI=1S/C16H21F3N2O3/c1-5-24-15(23)21-13(9(2)3)14(22)20-11-7-6-10(4)12(8-11)16(17,18)19/h6-9,13H,5H2,1-4H3,(H,20,22)(H,21,23). The van der Waals surface area contributed by atoms with Crippen LogP contribution in [-0.4, -0.2) is 24.6 Å². The van der Waals surface area contributed by atoms with E-state index in [1.165, 1.54) is 19.1 Å². The van der Waals surface area contributed by atoms with E-state index in [1.54, 1.807) is 20.8 Å². The van der Waals surface area contributed by atoms with Gasteiger partial charge in [0.05, 0.1) is 12.2 Å². The molecule has 0 aromatic heterocycles. The van der Waals surface area contributed by atoms with Crippen molar-refractivity contribution in [2.75, 3.05) is 11.9 Å². The first-order chi connectivity index (χ1) is 11.1. The second kappa shape index (κ2) is 8.03. The maximum absolute atomic E-state index is 12.9. The van der Waals surface area contributed by atoms with Gasteiger partial charge < -0.3 is 15.4 Å². The molecule has 0 radical (unpaired) electrons. The van der Waals surface area contributed by atoms with E-state index in [4.69, 9.17) is 4.74 Å². The van der Waals surface area contributed by atoms with E-state index in [9.17, 15) is 22.8 Å². The van der Waals surface area contributed by atoms with Gasteiger partial charge in [-0.3, -0.25) is 4.79 Å². The number of amides is 2. The van der Waals surface area contributed by atoms with Crippen molar-refractivity contribution in [3.63, 3.8) is 0 Å². The average Bonchev–Trinajstić information content (AvgIpc) is 2.45. The first-order valence-corrected chi connectivity index (χ1v) is 7.48. The van der Waals surface area contributed by atoms with E-state index in [1.807, 2.05) is 0 Å². The molecule has 0 aliphatic heterocycles. The van der Waals surface area contributed by atoms with Crippen molar-refractivity contribution in [1.82, 2.24) is 5.32 Å². The molecule has 1 atom stereocenters. The summed E-state index contributed by atoms with van der Waals surface area (Å²) < 4.78 is 43.5. The molecule has 1 aromatic carbocycles. The van der Waals surface area contributed by atoms with Crippen LogP contribution in [0.2, 0.25) is 0 Å². The largest absolute Gasteiger partial charge is 0.450 e. The Bertz CT molecular complexity index is 601. The minimum atomic E-state index is -4.51. The average molecular weight is 346 g/mol. The fraction of sp³-hybridized carbons (Fsp3) is 0.500. The van der Waals surface area contributed by atoms with Crippen LogP contribution in [0.25, 0.3) is 0 Å². The molecule has 24 heavy (non-hydrogen) atoms. The Hall–Kier alpha value is -2.25. The van der Waals surface area contributed by atoms with Crippen molar-refractivity contribution < 1.29 is 27.5 Å². The number of alkyl halides is 3. The number of carbonyl (C=O) groups is 2. The van der Waals surface area contributed by atoms with Gasteiger partial charge in [0.15, 0.2) is 0 Å². The summed E-state index contributed by atoms with van der Waals surface area (Å²) in [5.74, 6) is -0.892. The summed E-state index contributed by atoms with van der Waals surface area (Å²) in [7, 11) is 0. The molecule has 1 unspecified atom stereocenters. The number of ether oxygens (including phenoxy) is 1. The number of rotatable bonds is 5. The molecule has 134 valence electrons. The number of anilines is 1. The lowest BCUT2D eigenvalue weighted by Crippen LogP contribution is -2.47. The molecule has 2 amide bonds. The lowest BCUT2D eigenvalue weighted by molar-refractivity contribution is -0.138. The molecule has 0 saturated heterocycles. The lowest BCUT2D eigenvalue weighted by Gasteiger charge is -2.21. The van der Waals surface area contributed by atoms with Gasteiger partial charge in [0.2, 0.25) is 5.91 Å². The Morgan fingerprint density at radius 2 is 1.88 bits per heavy atom. The van der Waals surface area contributed by atoms with Crippen molar-refractivity contribution in [2.45, 2.75) is 39.9 Å². The molecule has 0 fully saturated rings. The molecule has 0 bridgehead atoms. The third-order valence-electron chi connectivity index (χ3n) is 3.31. The summed E-state index contributed by atoms with van der Waals surface area (Å²) in [4.78, 5) is 23.8. The molecule has 0 saturated carbocycles. The number of halogens is 3. The van der Waals surface area contributed by atoms with Crippen molar-refractivity contribution in [2.24, 2.45) is 5.92 Å². The predicted molar refractivity (Wildman–Crippen MR) is 83.6 cm³/mol. The molecule has 0 aliphatic rings. The molecule has 1 rings (SSSR count). The monoisotopic (exact) mass is 346 g/mol. The maximum atomic E-state index is 12.9. The molecule has 0 aliphatic carbocycles. The Kier molecular flexibility index (Phi) is 6.62. The van der Waals surface area contributed by atoms with E-state index >= 15 is 0 Å². The number of alkyl carbamates (subject to hydrolysis) is 1. The first kappa shape index (κ1) is 19.8. The van der Waals surface area contributed by atoms with Crippen LogP contribution in [0.3, 0.4) is 0 Å². The Morgan fingerprint density at radius 3 is 2.38 bits per heavy atom. The summed E-state index contributed by atoms with van der Waals surface area (Å²) in [6, 6.07) is 2.60. The van der Waals surface area contributed by atoms with Crippen LogP contribution < -0.4 is 10.6 Å². The van der Waals surface area contributed by atoms with Gasteiger partial charge in [-0.15, -0.1) is 0 Å². The van der Waals surface area contributed by atoms with Gasteiger partial charge in [-0.1, -0.05) is 19.9 Å². The molecular formula is C16H21F3N2O3. The second-order valence-corrected chi connectivity index (χ2v) is 5.60. The van der Waals surface area contributed by atoms with E-state index in [0.717, 1.165) is 6.07 Å². The van der Waals surface area contributed by atoms with Gasteiger partial charge in [-0.2, -0.15) is 13.2 Å². The molecule has 1 aromatic rings. The van der Waals surface area contributed by atoms with Crippen molar-refractivity contribution >= 4 is 17.7 Å². The second-order valence-electron chi connectivity index (χ2n) is 5.60. The zero-order chi connectivity index (χ0) is 18.5. The topological polar surface area (TPSA) is 67.4 Å². The van der Waals surface area contributed by atoms with Crippen LogP contribution >= 0.6 is 0 Å². The Morgan fingerprint density at radius 1 is 1.25 bits per heavy atom. The molecule has 0 spiro atoms. The van der Waals surface area contributed by atoms with Gasteiger partial charge in [-0.25, -0.2) is 4.79 Å².